The van der Waals surface area contributed by atoms with Crippen LogP contribution in [0.2, 0.25) is 0 Å². The summed E-state index contributed by atoms with van der Waals surface area (Å²) in [6, 6.07) is 6.32. The second-order valence-corrected chi connectivity index (χ2v) is 4.07. The molecule has 0 aliphatic carbocycles. The van der Waals surface area contributed by atoms with Gasteiger partial charge in [0.2, 0.25) is 0 Å². The molecule has 0 bridgehead atoms. The van der Waals surface area contributed by atoms with Gasteiger partial charge in [-0.1, -0.05) is 15.9 Å². The molecule has 0 saturated carbocycles. The number of aryl methyl sites for hydroxylation is 1. The van der Waals surface area contributed by atoms with Crippen LogP contribution in [0.3, 0.4) is 0 Å². The van der Waals surface area contributed by atoms with Gasteiger partial charge in [0.1, 0.15) is 0 Å². The second kappa shape index (κ2) is 4.57. The largest absolute Gasteiger partial charge is 0.421 e. The SMILES string of the molecule is Cc1ccnc(Oc2cc(Br)ccc2F)n1. The zero-order chi connectivity index (χ0) is 11.5. The van der Waals surface area contributed by atoms with Crippen LogP contribution in [0, 0.1) is 12.7 Å². The second-order valence-electron chi connectivity index (χ2n) is 3.16. The fourth-order valence-corrected chi connectivity index (χ4v) is 1.47. The molecule has 0 N–H and O–H groups in total. The molecule has 1 heterocycles. The number of hydrogen-bond acceptors (Lipinski definition) is 3. The van der Waals surface area contributed by atoms with Crippen molar-refractivity contribution in [2.24, 2.45) is 0 Å². The maximum absolute atomic E-state index is 13.4. The van der Waals surface area contributed by atoms with E-state index in [1.807, 2.05) is 6.92 Å². The molecule has 0 radical (unpaired) electrons. The molecular weight excluding hydrogens is 275 g/mol. The Kier molecular flexibility index (Phi) is 3.14. The molecule has 0 aliphatic heterocycles. The average Bonchev–Trinajstić information content (AvgIpc) is 2.24. The normalized spacial score (nSPS) is 10.2. The topological polar surface area (TPSA) is 35.0 Å². The van der Waals surface area contributed by atoms with Crippen molar-refractivity contribution in [3.8, 4) is 11.8 Å². The molecule has 5 heteroatoms. The van der Waals surface area contributed by atoms with E-state index < -0.39 is 5.82 Å². The van der Waals surface area contributed by atoms with E-state index in [0.717, 1.165) is 10.2 Å². The third kappa shape index (κ3) is 2.55. The number of nitrogens with zero attached hydrogens (tertiary/aromatic N) is 2. The van der Waals surface area contributed by atoms with E-state index in [2.05, 4.69) is 25.9 Å². The van der Waals surface area contributed by atoms with Crippen molar-refractivity contribution < 1.29 is 9.13 Å². The molecule has 1 aromatic heterocycles. The van der Waals surface area contributed by atoms with Crippen molar-refractivity contribution in [3.05, 3.63) is 46.4 Å². The lowest BCUT2D eigenvalue weighted by Crippen LogP contribution is -1.94. The van der Waals surface area contributed by atoms with E-state index in [1.54, 1.807) is 18.3 Å². The highest BCUT2D eigenvalue weighted by atomic mass is 79.9. The summed E-state index contributed by atoms with van der Waals surface area (Å²) in [6.45, 7) is 1.81. The van der Waals surface area contributed by atoms with Gasteiger partial charge in [-0.2, -0.15) is 0 Å². The van der Waals surface area contributed by atoms with Crippen LogP contribution in [0.25, 0.3) is 0 Å². The van der Waals surface area contributed by atoms with E-state index in [0.29, 0.717) is 0 Å². The summed E-state index contributed by atoms with van der Waals surface area (Å²) in [7, 11) is 0. The predicted molar refractivity (Wildman–Crippen MR) is 60.9 cm³/mol. The van der Waals surface area contributed by atoms with Crippen LogP contribution in [0.15, 0.2) is 34.9 Å². The van der Waals surface area contributed by atoms with Gasteiger partial charge >= 0.3 is 6.01 Å². The van der Waals surface area contributed by atoms with E-state index >= 15 is 0 Å². The molecule has 3 nitrogen and oxygen atoms in total. The van der Waals surface area contributed by atoms with Crippen molar-refractivity contribution in [1.82, 2.24) is 9.97 Å². The zero-order valence-corrected chi connectivity index (χ0v) is 10.0. The molecule has 1 aromatic carbocycles. The Balaban J connectivity index is 2.30. The van der Waals surface area contributed by atoms with Gasteiger partial charge in [0, 0.05) is 16.4 Å². The molecule has 0 atom stereocenters. The summed E-state index contributed by atoms with van der Waals surface area (Å²) >= 11 is 3.24. The van der Waals surface area contributed by atoms with Crippen LogP contribution in [0.1, 0.15) is 5.69 Å². The third-order valence-corrected chi connectivity index (χ3v) is 2.36. The van der Waals surface area contributed by atoms with Crippen LogP contribution >= 0.6 is 15.9 Å². The Morgan fingerprint density at radius 3 is 2.88 bits per heavy atom. The summed E-state index contributed by atoms with van der Waals surface area (Å²) in [5.74, 6) is -0.353. The quantitative estimate of drug-likeness (QED) is 0.846. The fourth-order valence-electron chi connectivity index (χ4n) is 1.13. The molecule has 2 rings (SSSR count). The van der Waals surface area contributed by atoms with Crippen molar-refractivity contribution in [2.45, 2.75) is 6.92 Å². The summed E-state index contributed by atoms with van der Waals surface area (Å²) in [6.07, 6.45) is 1.56. The van der Waals surface area contributed by atoms with Crippen LogP contribution in [-0.2, 0) is 0 Å². The zero-order valence-electron chi connectivity index (χ0n) is 8.45. The number of benzene rings is 1. The Bertz CT molecular complexity index is 519. The van der Waals surface area contributed by atoms with Gasteiger partial charge in [0.15, 0.2) is 11.6 Å². The minimum absolute atomic E-state index is 0.0972. The van der Waals surface area contributed by atoms with Crippen LogP contribution < -0.4 is 4.74 Å². The van der Waals surface area contributed by atoms with E-state index in [9.17, 15) is 4.39 Å². The third-order valence-electron chi connectivity index (χ3n) is 1.87. The molecule has 0 spiro atoms. The maximum Gasteiger partial charge on any atom is 0.322 e. The molecule has 82 valence electrons. The Morgan fingerprint density at radius 1 is 1.31 bits per heavy atom. The number of rotatable bonds is 2. The van der Waals surface area contributed by atoms with E-state index in [4.69, 9.17) is 4.74 Å². The Morgan fingerprint density at radius 2 is 2.12 bits per heavy atom. The Labute approximate surface area is 100 Å². The van der Waals surface area contributed by atoms with Gasteiger partial charge in [-0.15, -0.1) is 0 Å². The van der Waals surface area contributed by atoms with E-state index in [1.165, 1.54) is 12.1 Å². The molecule has 16 heavy (non-hydrogen) atoms. The molecule has 2 aromatic rings. The molecule has 0 saturated heterocycles. The molecule has 0 fully saturated rings. The van der Waals surface area contributed by atoms with Crippen molar-refractivity contribution in [1.29, 1.82) is 0 Å². The van der Waals surface area contributed by atoms with Crippen LogP contribution in [0.5, 0.6) is 11.8 Å². The smallest absolute Gasteiger partial charge is 0.322 e. The summed E-state index contributed by atoms with van der Waals surface area (Å²) in [5, 5.41) is 0. The van der Waals surface area contributed by atoms with Crippen molar-refractivity contribution >= 4 is 15.9 Å². The molecular formula is C11H8BrFN2O. The number of halogens is 2. The summed E-state index contributed by atoms with van der Waals surface area (Å²) < 4.78 is 19.3. The van der Waals surface area contributed by atoms with Gasteiger partial charge in [0.25, 0.3) is 0 Å². The highest BCUT2D eigenvalue weighted by Gasteiger charge is 2.07. The number of hydrogen-bond donors (Lipinski definition) is 0. The predicted octanol–water partition coefficient (Wildman–Crippen LogP) is 3.48. The summed E-state index contributed by atoms with van der Waals surface area (Å²) in [5.41, 5.74) is 0.764. The van der Waals surface area contributed by atoms with Crippen molar-refractivity contribution in [3.63, 3.8) is 0 Å². The minimum atomic E-state index is -0.451. The highest BCUT2D eigenvalue weighted by molar-refractivity contribution is 9.10. The first-order valence-corrected chi connectivity index (χ1v) is 5.37. The summed E-state index contributed by atoms with van der Waals surface area (Å²) in [4.78, 5) is 7.91. The number of aromatic nitrogens is 2. The van der Waals surface area contributed by atoms with Crippen LogP contribution in [-0.4, -0.2) is 9.97 Å². The average molecular weight is 283 g/mol. The van der Waals surface area contributed by atoms with Gasteiger partial charge in [0.05, 0.1) is 0 Å². The molecule has 0 unspecified atom stereocenters. The first kappa shape index (κ1) is 11.0. The maximum atomic E-state index is 13.4. The first-order chi connectivity index (χ1) is 7.65. The van der Waals surface area contributed by atoms with Gasteiger partial charge < -0.3 is 4.74 Å². The van der Waals surface area contributed by atoms with Gasteiger partial charge in [-0.3, -0.25) is 0 Å². The van der Waals surface area contributed by atoms with Crippen LogP contribution in [0.4, 0.5) is 4.39 Å². The standard InChI is InChI=1S/C11H8BrFN2O/c1-7-4-5-14-11(15-7)16-10-6-8(12)2-3-9(10)13/h2-6H,1H3. The fraction of sp³-hybridized carbons (Fsp3) is 0.0909. The number of ether oxygens (including phenoxy) is 1. The minimum Gasteiger partial charge on any atom is -0.421 e. The van der Waals surface area contributed by atoms with Gasteiger partial charge in [-0.05, 0) is 31.2 Å². The molecule has 0 aliphatic rings. The first-order valence-electron chi connectivity index (χ1n) is 4.58. The molecule has 0 amide bonds. The lowest BCUT2D eigenvalue weighted by Gasteiger charge is -2.05. The monoisotopic (exact) mass is 282 g/mol. The Hall–Kier alpha value is -1.49. The van der Waals surface area contributed by atoms with Gasteiger partial charge in [-0.25, -0.2) is 14.4 Å². The lowest BCUT2D eigenvalue weighted by atomic mass is 10.3. The highest BCUT2D eigenvalue weighted by Crippen LogP contribution is 2.25. The lowest BCUT2D eigenvalue weighted by molar-refractivity contribution is 0.409. The van der Waals surface area contributed by atoms with E-state index in [-0.39, 0.29) is 11.8 Å². The van der Waals surface area contributed by atoms with Crippen molar-refractivity contribution in [2.75, 3.05) is 0 Å².